The number of nitrogens with two attached hydrogens (primary N) is 1. The molecule has 0 atom stereocenters. The summed E-state index contributed by atoms with van der Waals surface area (Å²) in [5, 5.41) is 0. The summed E-state index contributed by atoms with van der Waals surface area (Å²) in [7, 11) is 0. The Kier molecular flexibility index (Phi) is 3.24. The zero-order valence-electron chi connectivity index (χ0n) is 9.27. The number of nitrogen functional groups attached to an aromatic ring is 1. The summed E-state index contributed by atoms with van der Waals surface area (Å²) in [6, 6.07) is 8.79. The zero-order valence-corrected chi connectivity index (χ0v) is 10.9. The van der Waals surface area contributed by atoms with E-state index in [1.165, 1.54) is 0 Å². The van der Waals surface area contributed by atoms with Gasteiger partial charge in [-0.25, -0.2) is 0 Å². The lowest BCUT2D eigenvalue weighted by Gasteiger charge is -2.05. The van der Waals surface area contributed by atoms with Crippen LogP contribution in [0.3, 0.4) is 0 Å². The maximum atomic E-state index is 12.2. The van der Waals surface area contributed by atoms with Gasteiger partial charge in [-0.1, -0.05) is 15.9 Å². The second kappa shape index (κ2) is 4.67. The molecule has 0 aliphatic heterocycles. The molecule has 0 unspecified atom stereocenters. The molecule has 17 heavy (non-hydrogen) atoms. The Morgan fingerprint density at radius 1 is 1.29 bits per heavy atom. The van der Waals surface area contributed by atoms with Gasteiger partial charge in [-0.15, -0.1) is 0 Å². The van der Waals surface area contributed by atoms with Crippen LogP contribution >= 0.6 is 15.9 Å². The van der Waals surface area contributed by atoms with Crippen LogP contribution in [-0.4, -0.2) is 10.8 Å². The van der Waals surface area contributed by atoms with E-state index in [2.05, 4.69) is 20.9 Å². The standard InChI is InChI=1S/C13H11BrN2O/c1-8-2-3-9(7-16-8)13(17)11-6-10(14)4-5-12(11)15/h2-7H,15H2,1H3. The highest BCUT2D eigenvalue weighted by Gasteiger charge is 2.12. The number of anilines is 1. The van der Waals surface area contributed by atoms with E-state index < -0.39 is 0 Å². The maximum Gasteiger partial charge on any atom is 0.196 e. The smallest absolute Gasteiger partial charge is 0.196 e. The second-order valence-corrected chi connectivity index (χ2v) is 4.66. The van der Waals surface area contributed by atoms with Crippen LogP contribution in [0, 0.1) is 6.92 Å². The third kappa shape index (κ3) is 2.53. The lowest BCUT2D eigenvalue weighted by molar-refractivity contribution is 0.103. The van der Waals surface area contributed by atoms with Crippen molar-refractivity contribution >= 4 is 27.4 Å². The van der Waals surface area contributed by atoms with Crippen LogP contribution in [0.15, 0.2) is 41.0 Å². The number of aryl methyl sites for hydroxylation is 1. The van der Waals surface area contributed by atoms with E-state index in [4.69, 9.17) is 5.73 Å². The molecule has 0 bridgehead atoms. The van der Waals surface area contributed by atoms with Gasteiger partial charge in [0.2, 0.25) is 0 Å². The molecule has 1 heterocycles. The van der Waals surface area contributed by atoms with Crippen LogP contribution in [0.2, 0.25) is 0 Å². The van der Waals surface area contributed by atoms with Crippen LogP contribution in [0.25, 0.3) is 0 Å². The van der Waals surface area contributed by atoms with Crippen LogP contribution in [0.1, 0.15) is 21.6 Å². The SMILES string of the molecule is Cc1ccc(C(=O)c2cc(Br)ccc2N)cn1. The van der Waals surface area contributed by atoms with Gasteiger partial charge in [-0.2, -0.15) is 0 Å². The number of nitrogens with zero attached hydrogens (tertiary/aromatic N) is 1. The van der Waals surface area contributed by atoms with E-state index in [0.717, 1.165) is 10.2 Å². The zero-order chi connectivity index (χ0) is 12.4. The fraction of sp³-hybridized carbons (Fsp3) is 0.0769. The van der Waals surface area contributed by atoms with Crippen molar-refractivity contribution in [1.29, 1.82) is 0 Å². The fourth-order valence-electron chi connectivity index (χ4n) is 1.48. The normalized spacial score (nSPS) is 10.2. The molecule has 2 N–H and O–H groups in total. The van der Waals surface area contributed by atoms with Crippen molar-refractivity contribution in [2.24, 2.45) is 0 Å². The van der Waals surface area contributed by atoms with Gasteiger partial charge in [0.05, 0.1) is 0 Å². The number of benzene rings is 1. The average Bonchev–Trinajstić information content (AvgIpc) is 2.32. The number of hydrogen-bond acceptors (Lipinski definition) is 3. The first-order valence-corrected chi connectivity index (χ1v) is 5.89. The lowest BCUT2D eigenvalue weighted by atomic mass is 10.0. The third-order valence-corrected chi connectivity index (χ3v) is 2.93. The number of rotatable bonds is 2. The number of hydrogen-bond donors (Lipinski definition) is 1. The largest absolute Gasteiger partial charge is 0.398 e. The highest BCUT2D eigenvalue weighted by molar-refractivity contribution is 9.10. The van der Waals surface area contributed by atoms with Crippen molar-refractivity contribution in [2.45, 2.75) is 6.92 Å². The summed E-state index contributed by atoms with van der Waals surface area (Å²) in [5.74, 6) is -0.115. The van der Waals surface area contributed by atoms with E-state index in [1.807, 2.05) is 6.92 Å². The van der Waals surface area contributed by atoms with Crippen LogP contribution in [0.5, 0.6) is 0 Å². The molecule has 1 aromatic carbocycles. The molecule has 0 saturated heterocycles. The average molecular weight is 291 g/mol. The molecule has 0 aliphatic carbocycles. The minimum Gasteiger partial charge on any atom is -0.398 e. The summed E-state index contributed by atoms with van der Waals surface area (Å²) < 4.78 is 0.829. The highest BCUT2D eigenvalue weighted by Crippen LogP contribution is 2.21. The molecule has 0 radical (unpaired) electrons. The number of carbonyl (C=O) groups is 1. The molecule has 4 heteroatoms. The Morgan fingerprint density at radius 2 is 2.06 bits per heavy atom. The number of halogens is 1. The van der Waals surface area contributed by atoms with Crippen LogP contribution in [-0.2, 0) is 0 Å². The summed E-state index contributed by atoms with van der Waals surface area (Å²) in [6.45, 7) is 1.88. The van der Waals surface area contributed by atoms with Crippen molar-refractivity contribution in [1.82, 2.24) is 4.98 Å². The molecular formula is C13H11BrN2O. The van der Waals surface area contributed by atoms with E-state index >= 15 is 0 Å². The Balaban J connectivity index is 2.43. The molecule has 0 saturated carbocycles. The first-order valence-electron chi connectivity index (χ1n) is 5.10. The van der Waals surface area contributed by atoms with Gasteiger partial charge in [0.1, 0.15) is 0 Å². The molecule has 0 amide bonds. The molecule has 0 spiro atoms. The number of carbonyl (C=O) groups excluding carboxylic acids is 1. The molecule has 86 valence electrons. The summed E-state index contributed by atoms with van der Waals surface area (Å²) in [4.78, 5) is 16.3. The van der Waals surface area contributed by atoms with Gasteiger partial charge in [0.25, 0.3) is 0 Å². The van der Waals surface area contributed by atoms with Crippen molar-refractivity contribution in [3.63, 3.8) is 0 Å². The van der Waals surface area contributed by atoms with Crippen LogP contribution < -0.4 is 5.73 Å². The predicted octanol–water partition coefficient (Wildman–Crippen LogP) is 2.97. The van der Waals surface area contributed by atoms with Crippen LogP contribution in [0.4, 0.5) is 5.69 Å². The van der Waals surface area contributed by atoms with Crippen molar-refractivity contribution in [3.8, 4) is 0 Å². The first-order chi connectivity index (χ1) is 8.08. The van der Waals surface area contributed by atoms with E-state index in [0.29, 0.717) is 16.8 Å². The monoisotopic (exact) mass is 290 g/mol. The Morgan fingerprint density at radius 3 is 2.71 bits per heavy atom. The number of ketones is 1. The van der Waals surface area contributed by atoms with Gasteiger partial charge in [0.15, 0.2) is 5.78 Å². The molecule has 0 aliphatic rings. The van der Waals surface area contributed by atoms with E-state index in [1.54, 1.807) is 36.5 Å². The van der Waals surface area contributed by atoms with E-state index in [-0.39, 0.29) is 5.78 Å². The number of aromatic nitrogens is 1. The molecule has 2 rings (SSSR count). The quantitative estimate of drug-likeness (QED) is 0.683. The van der Waals surface area contributed by atoms with Gasteiger partial charge in [-0.05, 0) is 37.3 Å². The van der Waals surface area contributed by atoms with Gasteiger partial charge < -0.3 is 5.73 Å². The minimum absolute atomic E-state index is 0.115. The molecule has 2 aromatic rings. The summed E-state index contributed by atoms with van der Waals surface area (Å²) in [5.41, 5.74) is 8.18. The predicted molar refractivity (Wildman–Crippen MR) is 71.0 cm³/mol. The van der Waals surface area contributed by atoms with Crippen molar-refractivity contribution < 1.29 is 4.79 Å². The van der Waals surface area contributed by atoms with E-state index in [9.17, 15) is 4.79 Å². The Hall–Kier alpha value is -1.68. The Bertz CT molecular complexity index is 564. The molecular weight excluding hydrogens is 280 g/mol. The van der Waals surface area contributed by atoms with Crippen molar-refractivity contribution in [2.75, 3.05) is 5.73 Å². The lowest BCUT2D eigenvalue weighted by Crippen LogP contribution is -2.06. The molecule has 1 aromatic heterocycles. The topological polar surface area (TPSA) is 56.0 Å². The van der Waals surface area contributed by atoms with Gasteiger partial charge in [0, 0.05) is 33.2 Å². The summed E-state index contributed by atoms with van der Waals surface area (Å²) >= 11 is 3.33. The molecule has 3 nitrogen and oxygen atoms in total. The highest BCUT2D eigenvalue weighted by atomic mass is 79.9. The van der Waals surface area contributed by atoms with Gasteiger partial charge in [-0.3, -0.25) is 9.78 Å². The third-order valence-electron chi connectivity index (χ3n) is 2.43. The number of pyridine rings is 1. The molecule has 0 fully saturated rings. The first kappa shape index (κ1) is 11.8. The Labute approximate surface area is 108 Å². The summed E-state index contributed by atoms with van der Waals surface area (Å²) in [6.07, 6.45) is 1.57. The van der Waals surface area contributed by atoms with Gasteiger partial charge >= 0.3 is 0 Å². The fourth-order valence-corrected chi connectivity index (χ4v) is 1.84. The second-order valence-electron chi connectivity index (χ2n) is 3.75. The maximum absolute atomic E-state index is 12.2. The minimum atomic E-state index is -0.115. The van der Waals surface area contributed by atoms with Crippen molar-refractivity contribution in [3.05, 3.63) is 57.8 Å².